The van der Waals surface area contributed by atoms with E-state index in [9.17, 15) is 0 Å². The minimum absolute atomic E-state index is 0.432. The van der Waals surface area contributed by atoms with Crippen LogP contribution in [0, 0.1) is 11.3 Å². The van der Waals surface area contributed by atoms with Crippen LogP contribution in [-0.4, -0.2) is 23.2 Å². The lowest BCUT2D eigenvalue weighted by Gasteiger charge is -2.24. The molecule has 0 radical (unpaired) electrons. The van der Waals surface area contributed by atoms with Gasteiger partial charge in [-0.1, -0.05) is 0 Å². The quantitative estimate of drug-likeness (QED) is 0.750. The van der Waals surface area contributed by atoms with Crippen molar-refractivity contribution >= 4 is 5.95 Å². The van der Waals surface area contributed by atoms with E-state index in [1.165, 1.54) is 19.3 Å². The fourth-order valence-electron chi connectivity index (χ4n) is 1.73. The highest BCUT2D eigenvalue weighted by Gasteiger charge is 2.16. The summed E-state index contributed by atoms with van der Waals surface area (Å²) in [5.74, 6) is 1.25. The van der Waals surface area contributed by atoms with Crippen molar-refractivity contribution in [1.29, 1.82) is 5.26 Å². The van der Waals surface area contributed by atoms with E-state index in [2.05, 4.69) is 21.1 Å². The number of piperidine rings is 1. The number of hydrogen-bond donors (Lipinski definition) is 0. The fraction of sp³-hybridized carbons (Fsp3) is 0.700. The largest absolute Gasteiger partial charge is 0.338 e. The van der Waals surface area contributed by atoms with Gasteiger partial charge in [0.2, 0.25) is 5.89 Å². The van der Waals surface area contributed by atoms with Gasteiger partial charge in [-0.2, -0.15) is 10.2 Å². The van der Waals surface area contributed by atoms with Crippen molar-refractivity contribution in [3.05, 3.63) is 5.89 Å². The molecule has 0 spiro atoms. The highest BCUT2D eigenvalue weighted by atomic mass is 16.5. The first-order valence-corrected chi connectivity index (χ1v) is 5.34. The zero-order valence-corrected chi connectivity index (χ0v) is 8.65. The van der Waals surface area contributed by atoms with E-state index in [0.29, 0.717) is 24.7 Å². The molecule has 5 heteroatoms. The molecule has 1 aliphatic heterocycles. The summed E-state index contributed by atoms with van der Waals surface area (Å²) in [5.41, 5.74) is 0. The first-order chi connectivity index (χ1) is 7.40. The molecule has 0 unspecified atom stereocenters. The Balaban J connectivity index is 1.96. The molecule has 0 amide bonds. The molecule has 2 heterocycles. The van der Waals surface area contributed by atoms with Crippen molar-refractivity contribution in [2.24, 2.45) is 0 Å². The Hall–Kier alpha value is -1.57. The summed E-state index contributed by atoms with van der Waals surface area (Å²) >= 11 is 0. The molecule has 0 saturated carbocycles. The number of aromatic nitrogens is 2. The monoisotopic (exact) mass is 206 g/mol. The lowest BCUT2D eigenvalue weighted by Crippen LogP contribution is -2.30. The zero-order valence-electron chi connectivity index (χ0n) is 8.65. The molecule has 1 aromatic heterocycles. The summed E-state index contributed by atoms with van der Waals surface area (Å²) in [6, 6.07) is 2.06. The van der Waals surface area contributed by atoms with Crippen LogP contribution in [0.4, 0.5) is 5.95 Å². The lowest BCUT2D eigenvalue weighted by atomic mass is 10.1. The van der Waals surface area contributed by atoms with Crippen molar-refractivity contribution in [3.63, 3.8) is 0 Å². The van der Waals surface area contributed by atoms with Crippen LogP contribution in [0.25, 0.3) is 0 Å². The van der Waals surface area contributed by atoms with Crippen LogP contribution in [0.5, 0.6) is 0 Å². The Morgan fingerprint density at radius 3 is 2.87 bits per heavy atom. The molecule has 80 valence electrons. The Morgan fingerprint density at radius 2 is 2.13 bits per heavy atom. The van der Waals surface area contributed by atoms with Crippen molar-refractivity contribution in [3.8, 4) is 6.07 Å². The number of nitrogens with zero attached hydrogens (tertiary/aromatic N) is 4. The van der Waals surface area contributed by atoms with Crippen molar-refractivity contribution in [2.45, 2.75) is 32.1 Å². The van der Waals surface area contributed by atoms with E-state index in [1.54, 1.807) is 0 Å². The van der Waals surface area contributed by atoms with E-state index >= 15 is 0 Å². The second-order valence-electron chi connectivity index (χ2n) is 3.69. The maximum Gasteiger partial charge on any atom is 0.266 e. The van der Waals surface area contributed by atoms with E-state index in [0.717, 1.165) is 13.1 Å². The normalized spacial score (nSPS) is 16.3. The van der Waals surface area contributed by atoms with Gasteiger partial charge in [0.15, 0.2) is 0 Å². The molecule has 0 atom stereocenters. The lowest BCUT2D eigenvalue weighted by molar-refractivity contribution is 0.377. The second-order valence-corrected chi connectivity index (χ2v) is 3.69. The predicted octanol–water partition coefficient (Wildman–Crippen LogP) is 1.52. The third-order valence-corrected chi connectivity index (χ3v) is 2.55. The molecule has 1 aliphatic rings. The van der Waals surface area contributed by atoms with E-state index < -0.39 is 0 Å². The molecule has 15 heavy (non-hydrogen) atoms. The molecule has 1 saturated heterocycles. The van der Waals surface area contributed by atoms with E-state index in [1.807, 2.05) is 0 Å². The van der Waals surface area contributed by atoms with Crippen LogP contribution >= 0.6 is 0 Å². The van der Waals surface area contributed by atoms with Gasteiger partial charge >= 0.3 is 0 Å². The minimum Gasteiger partial charge on any atom is -0.338 e. The number of aryl methyl sites for hydroxylation is 1. The van der Waals surface area contributed by atoms with Crippen LogP contribution in [0.3, 0.4) is 0 Å². The van der Waals surface area contributed by atoms with Crippen LogP contribution in [0.2, 0.25) is 0 Å². The Labute approximate surface area is 88.7 Å². The number of hydrogen-bond acceptors (Lipinski definition) is 5. The highest BCUT2D eigenvalue weighted by molar-refractivity contribution is 5.27. The third kappa shape index (κ3) is 2.46. The van der Waals surface area contributed by atoms with E-state index in [-0.39, 0.29) is 0 Å². The van der Waals surface area contributed by atoms with Gasteiger partial charge in [-0.25, -0.2) is 0 Å². The topological polar surface area (TPSA) is 66.0 Å². The molecule has 0 N–H and O–H groups in total. The highest BCUT2D eigenvalue weighted by Crippen LogP contribution is 2.16. The molecule has 0 bridgehead atoms. The second kappa shape index (κ2) is 4.78. The van der Waals surface area contributed by atoms with Crippen LogP contribution in [0.1, 0.15) is 31.6 Å². The fourth-order valence-corrected chi connectivity index (χ4v) is 1.73. The maximum atomic E-state index is 8.43. The summed E-state index contributed by atoms with van der Waals surface area (Å²) in [7, 11) is 0. The van der Waals surface area contributed by atoms with Gasteiger partial charge < -0.3 is 9.42 Å². The third-order valence-electron chi connectivity index (χ3n) is 2.55. The molecule has 5 nitrogen and oxygen atoms in total. The molecule has 0 aromatic carbocycles. The van der Waals surface area contributed by atoms with Crippen LogP contribution in [0.15, 0.2) is 4.52 Å². The summed E-state index contributed by atoms with van der Waals surface area (Å²) in [6.45, 7) is 2.02. The number of rotatable bonds is 3. The predicted molar refractivity (Wildman–Crippen MR) is 54.3 cm³/mol. The van der Waals surface area contributed by atoms with Gasteiger partial charge in [0.05, 0.1) is 6.07 Å². The Bertz CT molecular complexity index is 349. The van der Waals surface area contributed by atoms with Crippen molar-refractivity contribution in [1.82, 2.24) is 10.1 Å². The van der Waals surface area contributed by atoms with Gasteiger partial charge in [-0.15, -0.1) is 0 Å². The van der Waals surface area contributed by atoms with Gasteiger partial charge in [0.1, 0.15) is 0 Å². The molecule has 1 fully saturated rings. The average Bonchev–Trinajstić information content (AvgIpc) is 2.76. The first kappa shape index (κ1) is 9.97. The molecular formula is C10H14N4O. The number of anilines is 1. The van der Waals surface area contributed by atoms with Gasteiger partial charge in [-0.3, -0.25) is 0 Å². The Morgan fingerprint density at radius 1 is 1.33 bits per heavy atom. The van der Waals surface area contributed by atoms with Crippen molar-refractivity contribution in [2.75, 3.05) is 18.0 Å². The summed E-state index contributed by atoms with van der Waals surface area (Å²) in [4.78, 5) is 6.41. The van der Waals surface area contributed by atoms with Crippen molar-refractivity contribution < 1.29 is 4.52 Å². The van der Waals surface area contributed by atoms with Crippen LogP contribution in [-0.2, 0) is 6.42 Å². The summed E-state index contributed by atoms with van der Waals surface area (Å²) < 4.78 is 5.07. The number of nitriles is 1. The molecule has 1 aromatic rings. The maximum absolute atomic E-state index is 8.43. The molecular weight excluding hydrogens is 192 g/mol. The van der Waals surface area contributed by atoms with Gasteiger partial charge in [0, 0.05) is 25.9 Å². The SMILES string of the molecule is N#CCCc1nc(N2CCCCC2)no1. The van der Waals surface area contributed by atoms with E-state index in [4.69, 9.17) is 9.78 Å². The first-order valence-electron chi connectivity index (χ1n) is 5.34. The standard InChI is InChI=1S/C10H14N4O/c11-6-4-5-9-12-10(13-15-9)14-7-2-1-3-8-14/h1-5,7-8H2. The van der Waals surface area contributed by atoms with Gasteiger partial charge in [-0.05, 0) is 24.4 Å². The minimum atomic E-state index is 0.432. The molecule has 0 aliphatic carbocycles. The average molecular weight is 206 g/mol. The summed E-state index contributed by atoms with van der Waals surface area (Å²) in [5, 5.41) is 12.4. The Kier molecular flexibility index (Phi) is 3.18. The smallest absolute Gasteiger partial charge is 0.266 e. The van der Waals surface area contributed by atoms with Gasteiger partial charge in [0.25, 0.3) is 5.95 Å². The van der Waals surface area contributed by atoms with Crippen LogP contribution < -0.4 is 4.90 Å². The molecule has 2 rings (SSSR count). The summed E-state index contributed by atoms with van der Waals surface area (Å²) in [6.07, 6.45) is 4.67. The zero-order chi connectivity index (χ0) is 10.5.